The van der Waals surface area contributed by atoms with E-state index in [1.807, 2.05) is 6.07 Å². The maximum atomic E-state index is 5.92. The lowest BCUT2D eigenvalue weighted by atomic mass is 10.2. The largest absolute Gasteiger partial charge is 0.490 e. The van der Waals surface area contributed by atoms with Crippen LogP contribution in [-0.4, -0.2) is 13.2 Å². The van der Waals surface area contributed by atoms with Gasteiger partial charge < -0.3 is 9.47 Å². The summed E-state index contributed by atoms with van der Waals surface area (Å²) in [6.45, 7) is 8.12. The second-order valence-corrected chi connectivity index (χ2v) is 5.77. The summed E-state index contributed by atoms with van der Waals surface area (Å²) in [5.74, 6) is 1.80. The minimum absolute atomic E-state index is 0.787. The molecule has 0 N–H and O–H groups in total. The van der Waals surface area contributed by atoms with Gasteiger partial charge in [-0.05, 0) is 37.5 Å². The van der Waals surface area contributed by atoms with Crippen LogP contribution in [0.3, 0.4) is 0 Å². The molecule has 0 aliphatic carbocycles. The maximum absolute atomic E-state index is 5.92. The lowest BCUT2D eigenvalue weighted by Crippen LogP contribution is -2.03. The summed E-state index contributed by atoms with van der Waals surface area (Å²) in [4.78, 5) is 0. The highest BCUT2D eigenvalue weighted by Gasteiger charge is 2.05. The number of rotatable bonds is 12. The first-order valence-electron chi connectivity index (χ1n) is 8.64. The zero-order chi connectivity index (χ0) is 15.3. The van der Waals surface area contributed by atoms with Gasteiger partial charge in [0.05, 0.1) is 13.2 Å². The van der Waals surface area contributed by atoms with Gasteiger partial charge in [-0.3, -0.25) is 0 Å². The molecule has 2 nitrogen and oxygen atoms in total. The van der Waals surface area contributed by atoms with Crippen molar-refractivity contribution in [3.05, 3.63) is 23.8 Å². The molecule has 0 aromatic heterocycles. The normalized spacial score (nSPS) is 10.6. The van der Waals surface area contributed by atoms with Gasteiger partial charge in [0.25, 0.3) is 0 Å². The molecule has 0 saturated heterocycles. The van der Waals surface area contributed by atoms with Crippen LogP contribution in [0.4, 0.5) is 0 Å². The highest BCUT2D eigenvalue weighted by atomic mass is 16.5. The number of hydrogen-bond acceptors (Lipinski definition) is 2. The van der Waals surface area contributed by atoms with Crippen LogP contribution in [0.2, 0.25) is 0 Å². The zero-order valence-corrected chi connectivity index (χ0v) is 14.1. The Morgan fingerprint density at radius 3 is 1.86 bits per heavy atom. The van der Waals surface area contributed by atoms with Crippen molar-refractivity contribution in [1.82, 2.24) is 0 Å². The predicted octanol–water partition coefficient (Wildman–Crippen LogP) is 5.91. The Balaban J connectivity index is 2.39. The Bertz CT molecular complexity index is 374. The number of aryl methyl sites for hydroxylation is 1. The summed E-state index contributed by atoms with van der Waals surface area (Å²) in [7, 11) is 0. The predicted molar refractivity (Wildman–Crippen MR) is 90.5 cm³/mol. The van der Waals surface area contributed by atoms with Crippen LogP contribution in [-0.2, 0) is 0 Å². The molecule has 21 heavy (non-hydrogen) atoms. The van der Waals surface area contributed by atoms with Gasteiger partial charge in [0.2, 0.25) is 0 Å². The van der Waals surface area contributed by atoms with Gasteiger partial charge in [-0.1, -0.05) is 58.4 Å². The standard InChI is InChI=1S/C19H32O2/c1-4-6-8-10-14-20-18-13-12-17(3)16-19(18)21-15-11-9-7-5-2/h12-13,16H,4-11,14-15H2,1-3H3. The number of ether oxygens (including phenoxy) is 2. The third kappa shape index (κ3) is 7.99. The molecule has 0 atom stereocenters. The molecule has 120 valence electrons. The van der Waals surface area contributed by atoms with Crippen molar-refractivity contribution in [2.45, 2.75) is 72.1 Å². The average molecular weight is 292 g/mol. The van der Waals surface area contributed by atoms with E-state index in [2.05, 4.69) is 32.9 Å². The van der Waals surface area contributed by atoms with E-state index in [1.54, 1.807) is 0 Å². The van der Waals surface area contributed by atoms with Crippen molar-refractivity contribution in [3.8, 4) is 11.5 Å². The Labute approximate surface area is 130 Å². The summed E-state index contributed by atoms with van der Waals surface area (Å²) in [6.07, 6.45) is 9.84. The highest BCUT2D eigenvalue weighted by Crippen LogP contribution is 2.28. The highest BCUT2D eigenvalue weighted by molar-refractivity contribution is 5.42. The van der Waals surface area contributed by atoms with Crippen molar-refractivity contribution in [2.24, 2.45) is 0 Å². The molecule has 1 aromatic carbocycles. The van der Waals surface area contributed by atoms with Gasteiger partial charge in [-0.15, -0.1) is 0 Å². The number of hydrogen-bond donors (Lipinski definition) is 0. The number of unbranched alkanes of at least 4 members (excludes halogenated alkanes) is 6. The lowest BCUT2D eigenvalue weighted by Gasteiger charge is -2.13. The summed E-state index contributed by atoms with van der Waals surface area (Å²) in [5, 5.41) is 0. The molecule has 0 heterocycles. The Kier molecular flexibility index (Phi) is 9.77. The van der Waals surface area contributed by atoms with E-state index in [9.17, 15) is 0 Å². The summed E-state index contributed by atoms with van der Waals surface area (Å²) >= 11 is 0. The van der Waals surface area contributed by atoms with Crippen molar-refractivity contribution in [3.63, 3.8) is 0 Å². The third-order valence-corrected chi connectivity index (χ3v) is 3.61. The molecule has 0 spiro atoms. The minimum Gasteiger partial charge on any atom is -0.490 e. The fraction of sp³-hybridized carbons (Fsp3) is 0.684. The average Bonchev–Trinajstić information content (AvgIpc) is 2.48. The van der Waals surface area contributed by atoms with Crippen molar-refractivity contribution < 1.29 is 9.47 Å². The van der Waals surface area contributed by atoms with Crippen LogP contribution < -0.4 is 9.47 Å². The molecule has 0 radical (unpaired) electrons. The Morgan fingerprint density at radius 2 is 1.29 bits per heavy atom. The van der Waals surface area contributed by atoms with Gasteiger partial charge in [0.1, 0.15) is 0 Å². The quantitative estimate of drug-likeness (QED) is 0.446. The van der Waals surface area contributed by atoms with Gasteiger partial charge in [0.15, 0.2) is 11.5 Å². The Hall–Kier alpha value is -1.18. The molecule has 0 bridgehead atoms. The van der Waals surface area contributed by atoms with E-state index < -0.39 is 0 Å². The van der Waals surface area contributed by atoms with Crippen LogP contribution in [0.15, 0.2) is 18.2 Å². The molecular formula is C19H32O2. The summed E-state index contributed by atoms with van der Waals surface area (Å²) < 4.78 is 11.8. The SMILES string of the molecule is CCCCCCOc1ccc(C)cc1OCCCCCC. The van der Waals surface area contributed by atoms with E-state index >= 15 is 0 Å². The minimum atomic E-state index is 0.787. The molecule has 2 heteroatoms. The van der Waals surface area contributed by atoms with Crippen molar-refractivity contribution >= 4 is 0 Å². The first kappa shape index (κ1) is 17.9. The number of benzene rings is 1. The topological polar surface area (TPSA) is 18.5 Å². The molecule has 1 rings (SSSR count). The first-order valence-corrected chi connectivity index (χ1v) is 8.64. The third-order valence-electron chi connectivity index (χ3n) is 3.61. The maximum Gasteiger partial charge on any atom is 0.161 e. The second-order valence-electron chi connectivity index (χ2n) is 5.77. The molecule has 0 aliphatic rings. The van der Waals surface area contributed by atoms with Crippen LogP contribution in [0, 0.1) is 6.92 Å². The van der Waals surface area contributed by atoms with Crippen LogP contribution in [0.5, 0.6) is 11.5 Å². The molecule has 0 aliphatic heterocycles. The monoisotopic (exact) mass is 292 g/mol. The van der Waals surface area contributed by atoms with Crippen molar-refractivity contribution in [1.29, 1.82) is 0 Å². The first-order chi connectivity index (χ1) is 10.3. The lowest BCUT2D eigenvalue weighted by molar-refractivity contribution is 0.258. The van der Waals surface area contributed by atoms with Gasteiger partial charge in [-0.2, -0.15) is 0 Å². The van der Waals surface area contributed by atoms with E-state index in [0.717, 1.165) is 37.6 Å². The fourth-order valence-corrected chi connectivity index (χ4v) is 2.27. The van der Waals surface area contributed by atoms with E-state index in [1.165, 1.54) is 44.1 Å². The smallest absolute Gasteiger partial charge is 0.161 e. The van der Waals surface area contributed by atoms with Crippen LogP contribution in [0.1, 0.15) is 70.8 Å². The summed E-state index contributed by atoms with van der Waals surface area (Å²) in [5.41, 5.74) is 1.22. The van der Waals surface area contributed by atoms with Gasteiger partial charge >= 0.3 is 0 Å². The van der Waals surface area contributed by atoms with E-state index in [-0.39, 0.29) is 0 Å². The van der Waals surface area contributed by atoms with Crippen LogP contribution >= 0.6 is 0 Å². The second kappa shape index (κ2) is 11.5. The molecule has 0 amide bonds. The molecule has 0 fully saturated rings. The van der Waals surface area contributed by atoms with Crippen LogP contribution in [0.25, 0.3) is 0 Å². The molecule has 0 saturated carbocycles. The fourth-order valence-electron chi connectivity index (χ4n) is 2.27. The van der Waals surface area contributed by atoms with Crippen molar-refractivity contribution in [2.75, 3.05) is 13.2 Å². The molecular weight excluding hydrogens is 260 g/mol. The summed E-state index contributed by atoms with van der Waals surface area (Å²) in [6, 6.07) is 6.21. The van der Waals surface area contributed by atoms with Gasteiger partial charge in [0, 0.05) is 0 Å². The zero-order valence-electron chi connectivity index (χ0n) is 14.1. The Morgan fingerprint density at radius 1 is 0.714 bits per heavy atom. The van der Waals surface area contributed by atoms with E-state index in [0.29, 0.717) is 0 Å². The molecule has 0 unspecified atom stereocenters. The van der Waals surface area contributed by atoms with E-state index in [4.69, 9.17) is 9.47 Å². The molecule has 1 aromatic rings. The van der Waals surface area contributed by atoms with Gasteiger partial charge in [-0.25, -0.2) is 0 Å².